The molecule has 6 heteroatoms. The van der Waals surface area contributed by atoms with Crippen molar-refractivity contribution in [3.8, 4) is 0 Å². The number of rotatable bonds is 8. The van der Waals surface area contributed by atoms with E-state index in [-0.39, 0.29) is 29.9 Å². The molecule has 0 radical (unpaired) electrons. The van der Waals surface area contributed by atoms with Gasteiger partial charge in [-0.15, -0.1) is 0 Å². The first-order chi connectivity index (χ1) is 15.6. The molecule has 1 atom stereocenters. The summed E-state index contributed by atoms with van der Waals surface area (Å²) in [6, 6.07) is 20.8. The SMILES string of the molecule is Cc1ccc(CN(CC(=O)N[C@H](C)c2ccccc2)S(=O)(=O)c2c(C)cc(C)cc2C)cc1. The molecule has 33 heavy (non-hydrogen) atoms. The molecule has 3 aromatic carbocycles. The molecular weight excluding hydrogens is 432 g/mol. The Kier molecular flexibility index (Phi) is 7.72. The van der Waals surface area contributed by atoms with Crippen LogP contribution in [0.1, 0.15) is 46.3 Å². The smallest absolute Gasteiger partial charge is 0.244 e. The van der Waals surface area contributed by atoms with Gasteiger partial charge in [0.15, 0.2) is 0 Å². The number of amides is 1. The lowest BCUT2D eigenvalue weighted by molar-refractivity contribution is -0.122. The summed E-state index contributed by atoms with van der Waals surface area (Å²) in [5.41, 5.74) is 5.25. The lowest BCUT2D eigenvalue weighted by Crippen LogP contribution is -2.41. The molecule has 0 aromatic heterocycles. The van der Waals surface area contributed by atoms with Gasteiger partial charge in [0, 0.05) is 6.54 Å². The van der Waals surface area contributed by atoms with Crippen LogP contribution in [-0.2, 0) is 21.4 Å². The van der Waals surface area contributed by atoms with E-state index in [1.807, 2.05) is 87.5 Å². The molecular formula is C27H32N2O3S. The molecule has 3 aromatic rings. The summed E-state index contributed by atoms with van der Waals surface area (Å²) in [5, 5.41) is 2.94. The van der Waals surface area contributed by atoms with Crippen molar-refractivity contribution in [3.05, 3.63) is 100 Å². The van der Waals surface area contributed by atoms with Gasteiger partial charge >= 0.3 is 0 Å². The van der Waals surface area contributed by atoms with Crippen molar-refractivity contribution in [3.63, 3.8) is 0 Å². The van der Waals surface area contributed by atoms with Gasteiger partial charge in [-0.1, -0.05) is 77.9 Å². The van der Waals surface area contributed by atoms with Crippen molar-refractivity contribution in [1.29, 1.82) is 0 Å². The Labute approximate surface area is 197 Å². The van der Waals surface area contributed by atoms with E-state index < -0.39 is 10.0 Å². The number of carbonyl (C=O) groups excluding carboxylic acids is 1. The van der Waals surface area contributed by atoms with Crippen molar-refractivity contribution in [1.82, 2.24) is 9.62 Å². The summed E-state index contributed by atoms with van der Waals surface area (Å²) in [6.45, 7) is 9.26. The second kappa shape index (κ2) is 10.3. The fraction of sp³-hybridized carbons (Fsp3) is 0.296. The summed E-state index contributed by atoms with van der Waals surface area (Å²) in [4.78, 5) is 13.2. The van der Waals surface area contributed by atoms with Gasteiger partial charge in [0.25, 0.3) is 0 Å². The summed E-state index contributed by atoms with van der Waals surface area (Å²) in [5.74, 6) is -0.343. The molecule has 0 spiro atoms. The van der Waals surface area contributed by atoms with Crippen LogP contribution in [0, 0.1) is 27.7 Å². The van der Waals surface area contributed by atoms with E-state index in [0.717, 1.165) is 22.3 Å². The number of nitrogens with one attached hydrogen (secondary N) is 1. The minimum absolute atomic E-state index is 0.114. The third-order valence-corrected chi connectivity index (χ3v) is 7.78. The van der Waals surface area contributed by atoms with E-state index in [1.54, 1.807) is 13.8 Å². The van der Waals surface area contributed by atoms with Crippen LogP contribution in [0.3, 0.4) is 0 Å². The van der Waals surface area contributed by atoms with Gasteiger partial charge < -0.3 is 5.32 Å². The first-order valence-electron chi connectivity index (χ1n) is 11.1. The van der Waals surface area contributed by atoms with Crippen LogP contribution in [0.4, 0.5) is 0 Å². The molecule has 0 bridgehead atoms. The van der Waals surface area contributed by atoms with Crippen molar-refractivity contribution in [2.24, 2.45) is 0 Å². The first-order valence-corrected chi connectivity index (χ1v) is 12.5. The van der Waals surface area contributed by atoms with Crippen LogP contribution in [0.25, 0.3) is 0 Å². The van der Waals surface area contributed by atoms with Crippen molar-refractivity contribution < 1.29 is 13.2 Å². The molecule has 5 nitrogen and oxygen atoms in total. The van der Waals surface area contributed by atoms with Crippen LogP contribution >= 0.6 is 0 Å². The maximum Gasteiger partial charge on any atom is 0.244 e. The lowest BCUT2D eigenvalue weighted by atomic mass is 10.1. The molecule has 0 aliphatic rings. The minimum Gasteiger partial charge on any atom is -0.348 e. The van der Waals surface area contributed by atoms with E-state index in [9.17, 15) is 13.2 Å². The predicted octanol–water partition coefficient (Wildman–Crippen LogP) is 4.99. The number of hydrogen-bond acceptors (Lipinski definition) is 3. The van der Waals surface area contributed by atoms with Gasteiger partial charge in [-0.25, -0.2) is 8.42 Å². The Morgan fingerprint density at radius 3 is 2.03 bits per heavy atom. The van der Waals surface area contributed by atoms with Gasteiger partial charge in [0.1, 0.15) is 0 Å². The van der Waals surface area contributed by atoms with Crippen LogP contribution in [0.5, 0.6) is 0 Å². The molecule has 3 rings (SSSR count). The predicted molar refractivity (Wildman–Crippen MR) is 132 cm³/mol. The Morgan fingerprint density at radius 1 is 0.879 bits per heavy atom. The van der Waals surface area contributed by atoms with Gasteiger partial charge in [-0.3, -0.25) is 4.79 Å². The zero-order valence-electron chi connectivity index (χ0n) is 19.9. The zero-order valence-corrected chi connectivity index (χ0v) is 20.7. The van der Waals surface area contributed by atoms with Crippen LogP contribution in [0.15, 0.2) is 71.6 Å². The highest BCUT2D eigenvalue weighted by molar-refractivity contribution is 7.89. The average molecular weight is 465 g/mol. The number of nitrogens with zero attached hydrogens (tertiary/aromatic N) is 1. The summed E-state index contributed by atoms with van der Waals surface area (Å²) >= 11 is 0. The number of sulfonamides is 1. The highest BCUT2D eigenvalue weighted by atomic mass is 32.2. The average Bonchev–Trinajstić information content (AvgIpc) is 2.74. The van der Waals surface area contributed by atoms with E-state index in [0.29, 0.717) is 11.1 Å². The van der Waals surface area contributed by atoms with Crippen molar-refractivity contribution in [2.75, 3.05) is 6.54 Å². The fourth-order valence-electron chi connectivity index (χ4n) is 4.10. The highest BCUT2D eigenvalue weighted by Crippen LogP contribution is 2.26. The monoisotopic (exact) mass is 464 g/mol. The quantitative estimate of drug-likeness (QED) is 0.511. The molecule has 0 aliphatic heterocycles. The highest BCUT2D eigenvalue weighted by Gasteiger charge is 2.30. The molecule has 0 saturated heterocycles. The minimum atomic E-state index is -3.91. The van der Waals surface area contributed by atoms with Gasteiger partial charge in [0.05, 0.1) is 17.5 Å². The molecule has 0 saturated carbocycles. The summed E-state index contributed by atoms with van der Waals surface area (Å²) in [7, 11) is -3.91. The Bertz CT molecular complexity index is 1200. The topological polar surface area (TPSA) is 66.5 Å². The summed E-state index contributed by atoms with van der Waals surface area (Å²) < 4.78 is 28.9. The van der Waals surface area contributed by atoms with Crippen LogP contribution in [0.2, 0.25) is 0 Å². The van der Waals surface area contributed by atoms with E-state index in [4.69, 9.17) is 0 Å². The Morgan fingerprint density at radius 2 is 1.45 bits per heavy atom. The molecule has 0 heterocycles. The number of hydrogen-bond donors (Lipinski definition) is 1. The molecule has 1 N–H and O–H groups in total. The third-order valence-electron chi connectivity index (χ3n) is 5.68. The molecule has 0 aliphatic carbocycles. The number of aryl methyl sites for hydroxylation is 4. The Balaban J connectivity index is 1.92. The van der Waals surface area contributed by atoms with Gasteiger partial charge in [0.2, 0.25) is 15.9 Å². The van der Waals surface area contributed by atoms with Crippen LogP contribution < -0.4 is 5.32 Å². The van der Waals surface area contributed by atoms with Crippen molar-refractivity contribution in [2.45, 2.75) is 52.1 Å². The molecule has 0 unspecified atom stereocenters. The number of carbonyl (C=O) groups is 1. The number of benzene rings is 3. The Hall–Kier alpha value is -2.96. The largest absolute Gasteiger partial charge is 0.348 e. The third kappa shape index (κ3) is 6.09. The van der Waals surface area contributed by atoms with Crippen LogP contribution in [-0.4, -0.2) is 25.2 Å². The first kappa shape index (κ1) is 24.7. The van der Waals surface area contributed by atoms with E-state index in [2.05, 4.69) is 5.32 Å². The standard InChI is InChI=1S/C27H32N2O3S/c1-19-11-13-24(14-12-19)17-29(18-26(30)28-23(5)25-9-7-6-8-10-25)33(31,32)27-21(3)15-20(2)16-22(27)4/h6-16,23H,17-18H2,1-5H3,(H,28,30)/t23-/m1/s1. The van der Waals surface area contributed by atoms with Crippen molar-refractivity contribution >= 4 is 15.9 Å². The maximum absolute atomic E-state index is 13.8. The molecule has 0 fully saturated rings. The van der Waals surface area contributed by atoms with Gasteiger partial charge in [-0.2, -0.15) is 4.31 Å². The van der Waals surface area contributed by atoms with E-state index >= 15 is 0 Å². The summed E-state index contributed by atoms with van der Waals surface area (Å²) in [6.07, 6.45) is 0. The second-order valence-electron chi connectivity index (χ2n) is 8.69. The maximum atomic E-state index is 13.8. The fourth-order valence-corrected chi connectivity index (χ4v) is 5.89. The second-order valence-corrected chi connectivity index (χ2v) is 10.6. The lowest BCUT2D eigenvalue weighted by Gasteiger charge is -2.25. The molecule has 174 valence electrons. The zero-order chi connectivity index (χ0) is 24.2. The molecule has 1 amide bonds. The normalized spacial score (nSPS) is 12.5. The van der Waals surface area contributed by atoms with Gasteiger partial charge in [-0.05, 0) is 56.9 Å². The van der Waals surface area contributed by atoms with E-state index in [1.165, 1.54) is 4.31 Å².